The molecule has 0 bridgehead atoms. The number of rotatable bonds is 5. The van der Waals surface area contributed by atoms with Crippen molar-refractivity contribution in [1.29, 1.82) is 5.26 Å². The Hall–Kier alpha value is -2.78. The number of carbonyl (C=O) groups excluding carboxylic acids is 1. The molecule has 0 spiro atoms. The molecule has 23 heavy (non-hydrogen) atoms. The number of nitrogens with zero attached hydrogens (tertiary/aromatic N) is 2. The van der Waals surface area contributed by atoms with Crippen molar-refractivity contribution in [2.45, 2.75) is 11.6 Å². The van der Waals surface area contributed by atoms with Crippen molar-refractivity contribution in [3.8, 4) is 6.07 Å². The average molecular weight is 323 g/mol. The molecule has 3 rings (SSSR count). The summed E-state index contributed by atoms with van der Waals surface area (Å²) in [5.74, 6) is 0.0811. The van der Waals surface area contributed by atoms with Gasteiger partial charge in [-0.3, -0.25) is 4.79 Å². The Morgan fingerprint density at radius 1 is 1.22 bits per heavy atom. The highest BCUT2D eigenvalue weighted by molar-refractivity contribution is 7.99. The SMILES string of the molecule is N#CCc1ccc(NC(=O)CSc2nc3ccccc3o2)cc1. The molecule has 1 heterocycles. The van der Waals surface area contributed by atoms with E-state index in [1.54, 1.807) is 12.1 Å². The van der Waals surface area contributed by atoms with E-state index in [-0.39, 0.29) is 11.7 Å². The van der Waals surface area contributed by atoms with Crippen LogP contribution in [0.1, 0.15) is 5.56 Å². The Balaban J connectivity index is 1.55. The lowest BCUT2D eigenvalue weighted by Gasteiger charge is -2.04. The summed E-state index contributed by atoms with van der Waals surface area (Å²) in [5.41, 5.74) is 3.12. The first kappa shape index (κ1) is 15.1. The fourth-order valence-electron chi connectivity index (χ4n) is 2.03. The van der Waals surface area contributed by atoms with Gasteiger partial charge in [0.05, 0.1) is 18.2 Å². The van der Waals surface area contributed by atoms with Crippen LogP contribution in [0.2, 0.25) is 0 Å². The lowest BCUT2D eigenvalue weighted by molar-refractivity contribution is -0.113. The van der Waals surface area contributed by atoms with E-state index in [4.69, 9.17) is 9.68 Å². The Kier molecular flexibility index (Phi) is 4.60. The van der Waals surface area contributed by atoms with Crippen LogP contribution in [0.15, 0.2) is 58.2 Å². The van der Waals surface area contributed by atoms with Gasteiger partial charge in [-0.25, -0.2) is 4.98 Å². The van der Waals surface area contributed by atoms with Crippen LogP contribution in [-0.4, -0.2) is 16.6 Å². The summed E-state index contributed by atoms with van der Waals surface area (Å²) in [6.45, 7) is 0. The third-order valence-electron chi connectivity index (χ3n) is 3.12. The molecule has 0 saturated heterocycles. The number of amides is 1. The monoisotopic (exact) mass is 323 g/mol. The highest BCUT2D eigenvalue weighted by atomic mass is 32.2. The van der Waals surface area contributed by atoms with E-state index >= 15 is 0 Å². The van der Waals surface area contributed by atoms with Crippen molar-refractivity contribution in [1.82, 2.24) is 4.98 Å². The van der Waals surface area contributed by atoms with Gasteiger partial charge in [-0.05, 0) is 29.8 Å². The van der Waals surface area contributed by atoms with E-state index < -0.39 is 0 Å². The topological polar surface area (TPSA) is 78.9 Å². The second kappa shape index (κ2) is 6.99. The van der Waals surface area contributed by atoms with Crippen LogP contribution in [0.5, 0.6) is 0 Å². The standard InChI is InChI=1S/C17H13N3O2S/c18-10-9-12-5-7-13(8-6-12)19-16(21)11-23-17-20-14-3-1-2-4-15(14)22-17/h1-8H,9,11H2,(H,19,21). The van der Waals surface area contributed by atoms with Crippen molar-refractivity contribution in [3.63, 3.8) is 0 Å². The summed E-state index contributed by atoms with van der Waals surface area (Å²) in [7, 11) is 0. The number of anilines is 1. The first-order valence-corrected chi connectivity index (χ1v) is 7.97. The number of benzene rings is 2. The van der Waals surface area contributed by atoms with Gasteiger partial charge in [0.25, 0.3) is 5.22 Å². The molecule has 1 aromatic heterocycles. The van der Waals surface area contributed by atoms with Crippen LogP contribution in [-0.2, 0) is 11.2 Å². The smallest absolute Gasteiger partial charge is 0.257 e. The highest BCUT2D eigenvalue weighted by Crippen LogP contribution is 2.23. The number of hydrogen-bond donors (Lipinski definition) is 1. The molecule has 0 atom stereocenters. The van der Waals surface area contributed by atoms with Gasteiger partial charge in [0, 0.05) is 5.69 Å². The number of para-hydroxylation sites is 2. The first-order chi connectivity index (χ1) is 11.2. The number of fused-ring (bicyclic) bond motifs is 1. The van der Waals surface area contributed by atoms with Gasteiger partial charge in [-0.1, -0.05) is 36.0 Å². The molecule has 2 aromatic carbocycles. The quantitative estimate of drug-likeness (QED) is 0.725. The molecular weight excluding hydrogens is 310 g/mol. The predicted molar refractivity (Wildman–Crippen MR) is 89.1 cm³/mol. The summed E-state index contributed by atoms with van der Waals surface area (Å²) >= 11 is 1.25. The number of thioether (sulfide) groups is 1. The Bertz CT molecular complexity index is 832. The van der Waals surface area contributed by atoms with Crippen LogP contribution in [0.25, 0.3) is 11.1 Å². The largest absolute Gasteiger partial charge is 0.431 e. The number of nitrogens with one attached hydrogen (secondary N) is 1. The van der Waals surface area contributed by atoms with Crippen molar-refractivity contribution < 1.29 is 9.21 Å². The molecule has 0 saturated carbocycles. The zero-order chi connectivity index (χ0) is 16.1. The molecular formula is C17H13N3O2S. The Labute approximate surface area is 137 Å². The molecule has 1 N–H and O–H groups in total. The van der Waals surface area contributed by atoms with Gasteiger partial charge >= 0.3 is 0 Å². The molecule has 0 radical (unpaired) electrons. The summed E-state index contributed by atoms with van der Waals surface area (Å²) < 4.78 is 5.55. The summed E-state index contributed by atoms with van der Waals surface area (Å²) in [4.78, 5) is 16.3. The summed E-state index contributed by atoms with van der Waals surface area (Å²) in [6, 6.07) is 16.8. The number of aromatic nitrogens is 1. The third-order valence-corrected chi connectivity index (χ3v) is 3.95. The second-order valence-electron chi connectivity index (χ2n) is 4.82. The fourth-order valence-corrected chi connectivity index (χ4v) is 2.67. The molecule has 5 nitrogen and oxygen atoms in total. The van der Waals surface area contributed by atoms with E-state index in [1.807, 2.05) is 36.4 Å². The van der Waals surface area contributed by atoms with E-state index in [2.05, 4.69) is 16.4 Å². The van der Waals surface area contributed by atoms with Gasteiger partial charge in [-0.2, -0.15) is 5.26 Å². The lowest BCUT2D eigenvalue weighted by Crippen LogP contribution is -2.13. The minimum atomic E-state index is -0.134. The molecule has 3 aromatic rings. The molecule has 1 amide bonds. The molecule has 0 aliphatic heterocycles. The van der Waals surface area contributed by atoms with Crippen molar-refractivity contribution in [2.24, 2.45) is 0 Å². The van der Waals surface area contributed by atoms with Gasteiger partial charge in [0.1, 0.15) is 5.52 Å². The Morgan fingerprint density at radius 2 is 2.00 bits per heavy atom. The maximum absolute atomic E-state index is 12.0. The van der Waals surface area contributed by atoms with Crippen LogP contribution in [0.4, 0.5) is 5.69 Å². The van der Waals surface area contributed by atoms with Gasteiger partial charge in [0.15, 0.2) is 5.58 Å². The molecule has 6 heteroatoms. The minimum Gasteiger partial charge on any atom is -0.431 e. The molecule has 0 aliphatic carbocycles. The van der Waals surface area contributed by atoms with E-state index in [0.29, 0.717) is 22.9 Å². The fraction of sp³-hybridized carbons (Fsp3) is 0.118. The van der Waals surface area contributed by atoms with Crippen LogP contribution >= 0.6 is 11.8 Å². The summed E-state index contributed by atoms with van der Waals surface area (Å²) in [5, 5.41) is 11.9. The minimum absolute atomic E-state index is 0.134. The van der Waals surface area contributed by atoms with Crippen molar-refractivity contribution in [2.75, 3.05) is 11.1 Å². The number of nitriles is 1. The van der Waals surface area contributed by atoms with Crippen molar-refractivity contribution in [3.05, 3.63) is 54.1 Å². The van der Waals surface area contributed by atoms with E-state index in [9.17, 15) is 4.79 Å². The van der Waals surface area contributed by atoms with Crippen molar-refractivity contribution >= 4 is 34.5 Å². The zero-order valence-electron chi connectivity index (χ0n) is 12.2. The van der Waals surface area contributed by atoms with Crippen LogP contribution < -0.4 is 5.32 Å². The molecule has 0 fully saturated rings. The maximum Gasteiger partial charge on any atom is 0.257 e. The number of carbonyl (C=O) groups is 1. The third kappa shape index (κ3) is 3.90. The van der Waals surface area contributed by atoms with Gasteiger partial charge < -0.3 is 9.73 Å². The van der Waals surface area contributed by atoms with Crippen LogP contribution in [0, 0.1) is 11.3 Å². The van der Waals surface area contributed by atoms with Gasteiger partial charge in [0.2, 0.25) is 5.91 Å². The van der Waals surface area contributed by atoms with Crippen LogP contribution in [0.3, 0.4) is 0 Å². The van der Waals surface area contributed by atoms with E-state index in [0.717, 1.165) is 11.1 Å². The average Bonchev–Trinajstić information content (AvgIpc) is 2.98. The molecule has 0 aliphatic rings. The number of oxazole rings is 1. The highest BCUT2D eigenvalue weighted by Gasteiger charge is 2.09. The molecule has 114 valence electrons. The predicted octanol–water partition coefficient (Wildman–Crippen LogP) is 3.62. The lowest BCUT2D eigenvalue weighted by atomic mass is 10.1. The molecule has 0 unspecified atom stereocenters. The first-order valence-electron chi connectivity index (χ1n) is 6.99. The van der Waals surface area contributed by atoms with E-state index in [1.165, 1.54) is 11.8 Å². The Morgan fingerprint density at radius 3 is 2.74 bits per heavy atom. The summed E-state index contributed by atoms with van der Waals surface area (Å²) in [6.07, 6.45) is 0.363. The normalized spacial score (nSPS) is 10.4. The second-order valence-corrected chi connectivity index (χ2v) is 5.74. The maximum atomic E-state index is 12.0. The van der Waals surface area contributed by atoms with Gasteiger partial charge in [-0.15, -0.1) is 0 Å². The number of hydrogen-bond acceptors (Lipinski definition) is 5. The zero-order valence-corrected chi connectivity index (χ0v) is 13.0.